The fourth-order valence-electron chi connectivity index (χ4n) is 1.48. The van der Waals surface area contributed by atoms with Gasteiger partial charge in [-0.25, -0.2) is 8.42 Å². The molecular formula is C12H17BrO3S. The molecule has 0 radical (unpaired) electrons. The first-order valence-electron chi connectivity index (χ1n) is 5.53. The van der Waals surface area contributed by atoms with E-state index in [-0.39, 0.29) is 12.4 Å². The van der Waals surface area contributed by atoms with Crippen molar-refractivity contribution in [2.45, 2.75) is 25.0 Å². The Morgan fingerprint density at radius 1 is 1.35 bits per heavy atom. The monoisotopic (exact) mass is 320 g/mol. The molecule has 0 aromatic heterocycles. The second kappa shape index (κ2) is 6.52. The first kappa shape index (κ1) is 14.7. The second-order valence-corrected chi connectivity index (χ2v) is 7.45. The van der Waals surface area contributed by atoms with Crippen molar-refractivity contribution >= 4 is 25.8 Å². The molecular weight excluding hydrogens is 304 g/mol. The highest BCUT2D eigenvalue weighted by molar-refractivity contribution is 9.10. The fraction of sp³-hybridized carbons (Fsp3) is 0.500. The van der Waals surface area contributed by atoms with Gasteiger partial charge in [-0.2, -0.15) is 0 Å². The van der Waals surface area contributed by atoms with Gasteiger partial charge in [0, 0.05) is 4.47 Å². The van der Waals surface area contributed by atoms with Crippen molar-refractivity contribution in [2.75, 3.05) is 12.4 Å². The lowest BCUT2D eigenvalue weighted by molar-refractivity contribution is 0.295. The van der Waals surface area contributed by atoms with Crippen LogP contribution in [-0.2, 0) is 16.3 Å². The van der Waals surface area contributed by atoms with Crippen molar-refractivity contribution in [3.63, 3.8) is 0 Å². The largest absolute Gasteiger partial charge is 0.395 e. The number of sulfone groups is 1. The summed E-state index contributed by atoms with van der Waals surface area (Å²) in [6, 6.07) is 7.79. The van der Waals surface area contributed by atoms with Crippen LogP contribution in [0.4, 0.5) is 0 Å². The van der Waals surface area contributed by atoms with Gasteiger partial charge in [0.1, 0.15) is 0 Å². The fourth-order valence-corrected chi connectivity index (χ4v) is 3.14. The third-order valence-electron chi connectivity index (χ3n) is 2.70. The molecule has 0 bridgehead atoms. The Hall–Kier alpha value is -0.390. The third kappa shape index (κ3) is 4.41. The summed E-state index contributed by atoms with van der Waals surface area (Å²) in [6.07, 6.45) is 1.30. The van der Waals surface area contributed by atoms with Crippen LogP contribution in [0.2, 0.25) is 0 Å². The average molecular weight is 321 g/mol. The van der Waals surface area contributed by atoms with E-state index in [4.69, 9.17) is 5.11 Å². The zero-order valence-corrected chi connectivity index (χ0v) is 12.2. The minimum Gasteiger partial charge on any atom is -0.395 e. The van der Waals surface area contributed by atoms with Gasteiger partial charge in [0.05, 0.1) is 17.6 Å². The number of hydrogen-bond acceptors (Lipinski definition) is 3. The van der Waals surface area contributed by atoms with Crippen LogP contribution in [0.3, 0.4) is 0 Å². The first-order chi connectivity index (χ1) is 7.97. The van der Waals surface area contributed by atoms with E-state index in [0.717, 1.165) is 16.5 Å². The van der Waals surface area contributed by atoms with Crippen LogP contribution >= 0.6 is 15.9 Å². The molecule has 0 aliphatic carbocycles. The Balaban J connectivity index is 2.52. The molecule has 0 saturated carbocycles. The zero-order valence-electron chi connectivity index (χ0n) is 9.77. The average Bonchev–Trinajstić information content (AvgIpc) is 2.30. The minimum absolute atomic E-state index is 0.121. The van der Waals surface area contributed by atoms with Crippen molar-refractivity contribution in [3.8, 4) is 0 Å². The molecule has 0 saturated heterocycles. The van der Waals surface area contributed by atoms with Crippen LogP contribution in [0.1, 0.15) is 18.9 Å². The maximum atomic E-state index is 11.7. The molecule has 17 heavy (non-hydrogen) atoms. The Bertz CT molecular complexity index is 457. The van der Waals surface area contributed by atoms with E-state index in [2.05, 4.69) is 15.9 Å². The molecule has 3 nitrogen and oxygen atoms in total. The lowest BCUT2D eigenvalue weighted by atomic mass is 10.1. The van der Waals surface area contributed by atoms with Gasteiger partial charge in [0.25, 0.3) is 0 Å². The Labute approximate surface area is 111 Å². The van der Waals surface area contributed by atoms with Crippen LogP contribution in [0, 0.1) is 0 Å². The van der Waals surface area contributed by atoms with Crippen LogP contribution in [-0.4, -0.2) is 31.1 Å². The summed E-state index contributed by atoms with van der Waals surface area (Å²) < 4.78 is 24.3. The van der Waals surface area contributed by atoms with Crippen LogP contribution < -0.4 is 0 Å². The molecule has 0 unspecified atom stereocenters. The first-order valence-corrected chi connectivity index (χ1v) is 8.04. The summed E-state index contributed by atoms with van der Waals surface area (Å²) in [5.74, 6) is 0.121. The Morgan fingerprint density at radius 2 is 2.00 bits per heavy atom. The quantitative estimate of drug-likeness (QED) is 0.874. The van der Waals surface area contributed by atoms with Gasteiger partial charge in [-0.3, -0.25) is 0 Å². The van der Waals surface area contributed by atoms with Crippen molar-refractivity contribution in [3.05, 3.63) is 34.3 Å². The number of rotatable bonds is 6. The molecule has 0 amide bonds. The summed E-state index contributed by atoms with van der Waals surface area (Å²) in [5.41, 5.74) is 1.11. The molecule has 1 rings (SSSR count). The molecule has 0 heterocycles. The van der Waals surface area contributed by atoms with Gasteiger partial charge in [0.15, 0.2) is 9.84 Å². The smallest absolute Gasteiger partial charge is 0.155 e. The van der Waals surface area contributed by atoms with Crippen molar-refractivity contribution in [2.24, 2.45) is 0 Å². The van der Waals surface area contributed by atoms with Crippen LogP contribution in [0.15, 0.2) is 28.7 Å². The van der Waals surface area contributed by atoms with Gasteiger partial charge in [0.2, 0.25) is 0 Å². The highest BCUT2D eigenvalue weighted by Gasteiger charge is 2.19. The summed E-state index contributed by atoms with van der Waals surface area (Å²) in [4.78, 5) is 0. The summed E-state index contributed by atoms with van der Waals surface area (Å²) in [7, 11) is -3.16. The molecule has 1 atom stereocenters. The second-order valence-electron chi connectivity index (χ2n) is 4.06. The molecule has 1 aromatic rings. The van der Waals surface area contributed by atoms with Crippen LogP contribution in [0.25, 0.3) is 0 Å². The van der Waals surface area contributed by atoms with E-state index >= 15 is 0 Å². The molecule has 0 aliphatic heterocycles. The summed E-state index contributed by atoms with van der Waals surface area (Å²) in [5, 5.41) is 8.18. The van der Waals surface area contributed by atoms with E-state index < -0.39 is 15.1 Å². The topological polar surface area (TPSA) is 54.4 Å². The molecule has 1 N–H and O–H groups in total. The van der Waals surface area contributed by atoms with Gasteiger partial charge >= 0.3 is 0 Å². The standard InChI is InChI=1S/C12H17BrO3S/c1-10(9-14)17(15,16)8-4-6-11-5-2-3-7-12(11)13/h2-3,5,7,10,14H,4,6,8-9H2,1H3/t10-/m1/s1. The van der Waals surface area contributed by atoms with E-state index in [0.29, 0.717) is 6.42 Å². The van der Waals surface area contributed by atoms with Gasteiger partial charge < -0.3 is 5.11 Å². The number of benzene rings is 1. The van der Waals surface area contributed by atoms with Crippen molar-refractivity contribution in [1.29, 1.82) is 0 Å². The van der Waals surface area contributed by atoms with E-state index in [1.807, 2.05) is 24.3 Å². The summed E-state index contributed by atoms with van der Waals surface area (Å²) in [6.45, 7) is 1.23. The Morgan fingerprint density at radius 3 is 2.59 bits per heavy atom. The molecule has 5 heteroatoms. The highest BCUT2D eigenvalue weighted by atomic mass is 79.9. The third-order valence-corrected chi connectivity index (χ3v) is 5.71. The SMILES string of the molecule is C[C@H](CO)S(=O)(=O)CCCc1ccccc1Br. The highest BCUT2D eigenvalue weighted by Crippen LogP contribution is 2.18. The van der Waals surface area contributed by atoms with Crippen molar-refractivity contribution < 1.29 is 13.5 Å². The van der Waals surface area contributed by atoms with E-state index in [1.165, 1.54) is 6.92 Å². The molecule has 0 aliphatic rings. The lowest BCUT2D eigenvalue weighted by Gasteiger charge is -2.10. The number of halogens is 1. The minimum atomic E-state index is -3.16. The molecule has 96 valence electrons. The molecule has 0 spiro atoms. The number of hydrogen-bond donors (Lipinski definition) is 1. The summed E-state index contributed by atoms with van der Waals surface area (Å²) >= 11 is 3.43. The zero-order chi connectivity index (χ0) is 12.9. The maximum Gasteiger partial charge on any atom is 0.155 e. The van der Waals surface area contributed by atoms with Crippen LogP contribution in [0.5, 0.6) is 0 Å². The number of aliphatic hydroxyl groups is 1. The molecule has 1 aromatic carbocycles. The number of aryl methyl sites for hydroxylation is 1. The Kier molecular flexibility index (Phi) is 5.62. The van der Waals surface area contributed by atoms with E-state index in [9.17, 15) is 8.42 Å². The van der Waals surface area contributed by atoms with Gasteiger partial charge in [-0.15, -0.1) is 0 Å². The van der Waals surface area contributed by atoms with Gasteiger partial charge in [-0.05, 0) is 31.4 Å². The molecule has 0 fully saturated rings. The maximum absolute atomic E-state index is 11.7. The normalized spacial score (nSPS) is 13.6. The van der Waals surface area contributed by atoms with Gasteiger partial charge in [-0.1, -0.05) is 34.1 Å². The van der Waals surface area contributed by atoms with Crippen molar-refractivity contribution in [1.82, 2.24) is 0 Å². The predicted octanol–water partition coefficient (Wildman–Crippen LogP) is 2.18. The lowest BCUT2D eigenvalue weighted by Crippen LogP contribution is -2.24. The van der Waals surface area contributed by atoms with E-state index in [1.54, 1.807) is 0 Å². The predicted molar refractivity (Wildman–Crippen MR) is 72.8 cm³/mol. The number of aliphatic hydroxyl groups excluding tert-OH is 1.